The van der Waals surface area contributed by atoms with E-state index < -0.39 is 0 Å². The van der Waals surface area contributed by atoms with Gasteiger partial charge in [-0.2, -0.15) is 0 Å². The molecule has 3 nitrogen and oxygen atoms in total. The van der Waals surface area contributed by atoms with Gasteiger partial charge < -0.3 is 0 Å². The maximum absolute atomic E-state index is 4.54. The van der Waals surface area contributed by atoms with E-state index in [2.05, 4.69) is 15.3 Å². The Hall–Kier alpha value is -0.960. The van der Waals surface area contributed by atoms with Crippen LogP contribution in [0, 0.1) is 0 Å². The van der Waals surface area contributed by atoms with Crippen LogP contribution >= 0.6 is 0 Å². The molecule has 2 heterocycles. The number of piperidine rings is 1. The standard InChI is InChI=1S/C10H14N3/c1-2-5-11-9(4-1)8-10-12-6-3-7-13-10/h3,6-7,9H,1-2,4-5,8H2. The molecule has 1 aliphatic heterocycles. The van der Waals surface area contributed by atoms with Crippen molar-refractivity contribution in [1.82, 2.24) is 15.3 Å². The van der Waals surface area contributed by atoms with Crippen LogP contribution in [-0.4, -0.2) is 22.6 Å². The predicted octanol–water partition coefficient (Wildman–Crippen LogP) is 1.18. The lowest BCUT2D eigenvalue weighted by Gasteiger charge is -2.20. The van der Waals surface area contributed by atoms with Gasteiger partial charge in [-0.3, -0.25) is 0 Å². The number of hydrogen-bond acceptors (Lipinski definition) is 2. The second kappa shape index (κ2) is 4.33. The Morgan fingerprint density at radius 1 is 1.23 bits per heavy atom. The van der Waals surface area contributed by atoms with Crippen molar-refractivity contribution in [2.24, 2.45) is 0 Å². The summed E-state index contributed by atoms with van der Waals surface area (Å²) in [5, 5.41) is 4.54. The van der Waals surface area contributed by atoms with Crippen LogP contribution in [0.25, 0.3) is 0 Å². The Morgan fingerprint density at radius 3 is 2.77 bits per heavy atom. The molecule has 0 aliphatic carbocycles. The van der Waals surface area contributed by atoms with Crippen molar-refractivity contribution in [3.05, 3.63) is 24.3 Å². The zero-order chi connectivity index (χ0) is 8.93. The maximum atomic E-state index is 4.54. The van der Waals surface area contributed by atoms with E-state index in [4.69, 9.17) is 0 Å². The highest BCUT2D eigenvalue weighted by Gasteiger charge is 2.14. The van der Waals surface area contributed by atoms with Gasteiger partial charge in [-0.15, -0.1) is 0 Å². The fourth-order valence-electron chi connectivity index (χ4n) is 1.67. The van der Waals surface area contributed by atoms with Gasteiger partial charge >= 0.3 is 0 Å². The average molecular weight is 176 g/mol. The van der Waals surface area contributed by atoms with Gasteiger partial charge in [0, 0.05) is 31.4 Å². The first-order valence-electron chi connectivity index (χ1n) is 4.87. The summed E-state index contributed by atoms with van der Waals surface area (Å²) in [6.45, 7) is 1.03. The molecule has 1 aliphatic rings. The molecule has 0 aromatic carbocycles. The Labute approximate surface area is 78.6 Å². The summed E-state index contributed by atoms with van der Waals surface area (Å²) in [6.07, 6.45) is 8.28. The van der Waals surface area contributed by atoms with Crippen LogP contribution in [0.1, 0.15) is 25.1 Å². The summed E-state index contributed by atoms with van der Waals surface area (Å²) >= 11 is 0. The molecule has 1 saturated heterocycles. The molecule has 0 bridgehead atoms. The van der Waals surface area contributed by atoms with Crippen LogP contribution in [0.4, 0.5) is 0 Å². The maximum Gasteiger partial charge on any atom is 0.129 e. The van der Waals surface area contributed by atoms with E-state index in [1.165, 1.54) is 19.3 Å². The van der Waals surface area contributed by atoms with E-state index in [-0.39, 0.29) is 0 Å². The lowest BCUT2D eigenvalue weighted by Crippen LogP contribution is -2.30. The molecule has 1 aromatic rings. The van der Waals surface area contributed by atoms with Crippen molar-refractivity contribution in [2.75, 3.05) is 6.54 Å². The smallest absolute Gasteiger partial charge is 0.129 e. The van der Waals surface area contributed by atoms with E-state index >= 15 is 0 Å². The quantitative estimate of drug-likeness (QED) is 0.678. The molecule has 0 N–H and O–H groups in total. The summed E-state index contributed by atoms with van der Waals surface area (Å²) in [6, 6.07) is 2.32. The summed E-state index contributed by atoms with van der Waals surface area (Å²) in [7, 11) is 0. The molecule has 0 spiro atoms. The van der Waals surface area contributed by atoms with Crippen molar-refractivity contribution < 1.29 is 0 Å². The van der Waals surface area contributed by atoms with Crippen molar-refractivity contribution in [3.63, 3.8) is 0 Å². The van der Waals surface area contributed by atoms with Crippen molar-refractivity contribution >= 4 is 0 Å². The second-order valence-corrected chi connectivity index (χ2v) is 3.42. The number of nitrogens with zero attached hydrogens (tertiary/aromatic N) is 3. The first-order valence-corrected chi connectivity index (χ1v) is 4.87. The highest BCUT2D eigenvalue weighted by molar-refractivity contribution is 4.92. The van der Waals surface area contributed by atoms with E-state index in [0.717, 1.165) is 18.8 Å². The molecule has 1 radical (unpaired) electrons. The van der Waals surface area contributed by atoms with Gasteiger partial charge in [-0.1, -0.05) is 6.42 Å². The summed E-state index contributed by atoms with van der Waals surface area (Å²) in [5.74, 6) is 0.929. The highest BCUT2D eigenvalue weighted by atomic mass is 14.9. The molecule has 3 heteroatoms. The van der Waals surface area contributed by atoms with Gasteiger partial charge in [0.1, 0.15) is 5.82 Å². The zero-order valence-electron chi connectivity index (χ0n) is 7.69. The molecule has 1 fully saturated rings. The Morgan fingerprint density at radius 2 is 2.08 bits per heavy atom. The molecule has 2 rings (SSSR count). The van der Waals surface area contributed by atoms with Crippen LogP contribution in [0.2, 0.25) is 0 Å². The minimum absolute atomic E-state index is 0.469. The molecule has 1 unspecified atom stereocenters. The third-order valence-electron chi connectivity index (χ3n) is 2.37. The van der Waals surface area contributed by atoms with Crippen molar-refractivity contribution in [3.8, 4) is 0 Å². The van der Waals surface area contributed by atoms with Gasteiger partial charge in [0.25, 0.3) is 0 Å². The molecule has 0 amide bonds. The Kier molecular flexibility index (Phi) is 2.87. The molecular formula is C10H14N3. The first kappa shape index (κ1) is 8.63. The minimum Gasteiger partial charge on any atom is -0.241 e. The monoisotopic (exact) mass is 176 g/mol. The second-order valence-electron chi connectivity index (χ2n) is 3.42. The molecule has 1 aromatic heterocycles. The van der Waals surface area contributed by atoms with Gasteiger partial charge in [0.05, 0.1) is 0 Å². The number of aromatic nitrogens is 2. The molecule has 0 saturated carbocycles. The summed E-state index contributed by atoms with van der Waals surface area (Å²) in [5.41, 5.74) is 0. The molecule has 69 valence electrons. The fraction of sp³-hybridized carbons (Fsp3) is 0.600. The van der Waals surface area contributed by atoms with E-state index in [9.17, 15) is 0 Å². The van der Waals surface area contributed by atoms with Gasteiger partial charge in [0.2, 0.25) is 0 Å². The minimum atomic E-state index is 0.469. The summed E-state index contributed by atoms with van der Waals surface area (Å²) < 4.78 is 0. The van der Waals surface area contributed by atoms with Gasteiger partial charge in [0.15, 0.2) is 0 Å². The van der Waals surface area contributed by atoms with Crippen molar-refractivity contribution in [1.29, 1.82) is 0 Å². The summed E-state index contributed by atoms with van der Waals surface area (Å²) in [4.78, 5) is 8.40. The number of rotatable bonds is 2. The van der Waals surface area contributed by atoms with Crippen LogP contribution in [0.5, 0.6) is 0 Å². The Bertz CT molecular complexity index is 242. The van der Waals surface area contributed by atoms with Crippen LogP contribution < -0.4 is 5.32 Å². The first-order chi connectivity index (χ1) is 6.45. The van der Waals surface area contributed by atoms with E-state index in [1.54, 1.807) is 12.4 Å². The average Bonchev–Trinajstić information content (AvgIpc) is 2.21. The van der Waals surface area contributed by atoms with E-state index in [0.29, 0.717) is 6.04 Å². The van der Waals surface area contributed by atoms with E-state index in [1.807, 2.05) is 6.07 Å². The molecule has 1 atom stereocenters. The lowest BCUT2D eigenvalue weighted by atomic mass is 10.0. The SMILES string of the molecule is c1cnc(CC2CCCC[N]2)nc1. The van der Waals surface area contributed by atoms with Crippen LogP contribution in [0.3, 0.4) is 0 Å². The predicted molar refractivity (Wildman–Crippen MR) is 50.4 cm³/mol. The fourth-order valence-corrected chi connectivity index (χ4v) is 1.67. The Balaban J connectivity index is 1.90. The van der Waals surface area contributed by atoms with Gasteiger partial charge in [-0.05, 0) is 18.9 Å². The third kappa shape index (κ3) is 2.49. The van der Waals surface area contributed by atoms with Crippen LogP contribution in [-0.2, 0) is 6.42 Å². The normalized spacial score (nSPS) is 22.9. The molecule has 13 heavy (non-hydrogen) atoms. The lowest BCUT2D eigenvalue weighted by molar-refractivity contribution is 0.386. The van der Waals surface area contributed by atoms with Gasteiger partial charge in [-0.25, -0.2) is 15.3 Å². The van der Waals surface area contributed by atoms with Crippen molar-refractivity contribution in [2.45, 2.75) is 31.7 Å². The molecular weight excluding hydrogens is 162 g/mol. The third-order valence-corrected chi connectivity index (χ3v) is 2.37. The topological polar surface area (TPSA) is 39.9 Å². The zero-order valence-corrected chi connectivity index (χ0v) is 7.69. The number of hydrogen-bond donors (Lipinski definition) is 0. The highest BCUT2D eigenvalue weighted by Crippen LogP contribution is 2.11. The largest absolute Gasteiger partial charge is 0.241 e. The van der Waals surface area contributed by atoms with Crippen LogP contribution in [0.15, 0.2) is 18.5 Å².